The topological polar surface area (TPSA) is 128 Å². The van der Waals surface area contributed by atoms with Gasteiger partial charge in [0.2, 0.25) is 0 Å². The van der Waals surface area contributed by atoms with Crippen LogP contribution in [0.1, 0.15) is 15.9 Å². The SMILES string of the molecule is COC(=O)c1ccc(NC2=CC(NCc3ccc(O)cc3)N=C(OCC(F)(F)F)N2)[n+](O)c1. The molecular formula is C20H21F3N5O5+. The van der Waals surface area contributed by atoms with Crippen LogP contribution in [0.25, 0.3) is 0 Å². The predicted octanol–water partition coefficient (Wildman–Crippen LogP) is 1.61. The molecule has 0 saturated heterocycles. The lowest BCUT2D eigenvalue weighted by Gasteiger charge is -2.21. The van der Waals surface area contributed by atoms with Crippen molar-refractivity contribution in [3.63, 3.8) is 0 Å². The number of aromatic nitrogens is 1. The van der Waals surface area contributed by atoms with Crippen LogP contribution < -0.4 is 20.7 Å². The zero-order valence-electron chi connectivity index (χ0n) is 17.3. The summed E-state index contributed by atoms with van der Waals surface area (Å²) in [7, 11) is 1.19. The second-order valence-electron chi connectivity index (χ2n) is 6.80. The van der Waals surface area contributed by atoms with Crippen LogP contribution in [0.2, 0.25) is 0 Å². The summed E-state index contributed by atoms with van der Waals surface area (Å²) in [5.74, 6) is -0.300. The fraction of sp³-hybridized carbons (Fsp3) is 0.250. The van der Waals surface area contributed by atoms with Crippen LogP contribution in [0.5, 0.6) is 5.75 Å². The number of phenols is 1. The number of phenolic OH excluding ortho intramolecular Hbond substituents is 1. The molecule has 1 unspecified atom stereocenters. The molecule has 10 nitrogen and oxygen atoms in total. The molecular weight excluding hydrogens is 447 g/mol. The number of hydrogen-bond donors (Lipinski definition) is 5. The molecule has 0 bridgehead atoms. The van der Waals surface area contributed by atoms with Crippen molar-refractivity contribution in [2.45, 2.75) is 18.9 Å². The van der Waals surface area contributed by atoms with Crippen molar-refractivity contribution in [3.05, 3.63) is 65.6 Å². The average molecular weight is 468 g/mol. The number of carbonyl (C=O) groups excluding carboxylic acids is 1. The molecule has 2 aromatic rings. The highest BCUT2D eigenvalue weighted by Gasteiger charge is 2.30. The number of rotatable bonds is 7. The van der Waals surface area contributed by atoms with E-state index in [0.717, 1.165) is 11.8 Å². The van der Waals surface area contributed by atoms with Crippen molar-refractivity contribution >= 4 is 17.8 Å². The van der Waals surface area contributed by atoms with Crippen molar-refractivity contribution in [2.24, 2.45) is 4.99 Å². The number of ether oxygens (including phenoxy) is 2. The van der Waals surface area contributed by atoms with E-state index in [4.69, 9.17) is 4.74 Å². The minimum atomic E-state index is -4.56. The minimum absolute atomic E-state index is 0.0836. The van der Waals surface area contributed by atoms with Gasteiger partial charge >= 0.3 is 18.0 Å². The Hall–Kier alpha value is -4.00. The molecule has 0 radical (unpaired) electrons. The van der Waals surface area contributed by atoms with E-state index in [1.54, 1.807) is 12.1 Å². The molecule has 176 valence electrons. The Morgan fingerprint density at radius 3 is 2.61 bits per heavy atom. The maximum absolute atomic E-state index is 12.6. The van der Waals surface area contributed by atoms with E-state index in [0.29, 0.717) is 11.3 Å². The summed E-state index contributed by atoms with van der Waals surface area (Å²) in [5, 5.41) is 27.9. The lowest BCUT2D eigenvalue weighted by molar-refractivity contribution is -0.893. The number of hydrogen-bond acceptors (Lipinski definition) is 9. The van der Waals surface area contributed by atoms with Gasteiger partial charge in [0.1, 0.15) is 17.5 Å². The number of esters is 1. The summed E-state index contributed by atoms with van der Waals surface area (Å²) >= 11 is 0. The molecule has 1 aliphatic rings. The van der Waals surface area contributed by atoms with Crippen LogP contribution in [-0.4, -0.2) is 48.4 Å². The highest BCUT2D eigenvalue weighted by atomic mass is 19.4. The second-order valence-corrected chi connectivity index (χ2v) is 6.80. The highest BCUT2D eigenvalue weighted by molar-refractivity contribution is 5.88. The zero-order chi connectivity index (χ0) is 24.0. The summed E-state index contributed by atoms with van der Waals surface area (Å²) in [6.45, 7) is -1.26. The highest BCUT2D eigenvalue weighted by Crippen LogP contribution is 2.16. The number of nitrogens with zero attached hydrogens (tertiary/aromatic N) is 2. The molecule has 2 heterocycles. The Balaban J connectivity index is 1.75. The third-order valence-corrected chi connectivity index (χ3v) is 4.26. The Labute approximate surface area is 185 Å². The first-order valence-electron chi connectivity index (χ1n) is 9.51. The van der Waals surface area contributed by atoms with Crippen molar-refractivity contribution in [1.29, 1.82) is 0 Å². The number of amidine groups is 1. The molecule has 1 aromatic carbocycles. The molecule has 0 spiro atoms. The number of aromatic hydroxyl groups is 1. The zero-order valence-corrected chi connectivity index (χ0v) is 17.3. The number of alkyl halides is 3. The Kier molecular flexibility index (Phi) is 7.23. The Morgan fingerprint density at radius 2 is 1.97 bits per heavy atom. The normalized spacial score (nSPS) is 15.7. The van der Waals surface area contributed by atoms with E-state index in [2.05, 4.69) is 25.7 Å². The summed E-state index contributed by atoms with van der Waals surface area (Å²) < 4.78 is 47.7. The average Bonchev–Trinajstić information content (AvgIpc) is 2.77. The number of nitrogens with one attached hydrogen (secondary N) is 3. The first kappa shape index (κ1) is 23.7. The monoisotopic (exact) mass is 468 g/mol. The van der Waals surface area contributed by atoms with E-state index >= 15 is 0 Å². The van der Waals surface area contributed by atoms with E-state index in [1.807, 2.05) is 0 Å². The molecule has 5 N–H and O–H groups in total. The molecule has 0 amide bonds. The van der Waals surface area contributed by atoms with Crippen molar-refractivity contribution < 1.29 is 42.5 Å². The van der Waals surface area contributed by atoms with Crippen LogP contribution in [0.3, 0.4) is 0 Å². The number of anilines is 1. The standard InChI is InChI=1S/C20H20F3N5O5/c1-32-18(30)13-4-7-17(28(31)10-13)25-16-8-15(24-9-12-2-5-14(29)6-3-12)26-19(27-16)33-11-20(21,22)23/h2-8,10,15,24,31H,9,11H2,1H3,(H2,26,27,29)/p+1. The number of aliphatic imine (C=N–C) groups is 1. The molecule has 1 aliphatic heterocycles. The van der Waals surface area contributed by atoms with Crippen molar-refractivity contribution in [2.75, 3.05) is 19.0 Å². The number of benzene rings is 1. The third kappa shape index (κ3) is 7.00. The lowest BCUT2D eigenvalue weighted by atomic mass is 10.2. The summed E-state index contributed by atoms with van der Waals surface area (Å²) in [4.78, 5) is 15.6. The maximum Gasteiger partial charge on any atom is 0.422 e. The largest absolute Gasteiger partial charge is 0.508 e. The van der Waals surface area contributed by atoms with Crippen LogP contribution >= 0.6 is 0 Å². The van der Waals surface area contributed by atoms with Gasteiger partial charge in [0.25, 0.3) is 6.02 Å². The fourth-order valence-corrected chi connectivity index (χ4v) is 2.71. The van der Waals surface area contributed by atoms with Crippen LogP contribution in [0.15, 0.2) is 59.5 Å². The molecule has 13 heteroatoms. The fourth-order valence-electron chi connectivity index (χ4n) is 2.71. The predicted molar refractivity (Wildman–Crippen MR) is 108 cm³/mol. The molecule has 0 aliphatic carbocycles. The Bertz CT molecular complexity index is 1060. The number of carbonyl (C=O) groups is 1. The lowest BCUT2D eigenvalue weighted by Crippen LogP contribution is -2.42. The smallest absolute Gasteiger partial charge is 0.422 e. The van der Waals surface area contributed by atoms with Gasteiger partial charge in [0.05, 0.1) is 7.11 Å². The summed E-state index contributed by atoms with van der Waals surface area (Å²) in [6, 6.07) is 8.72. The molecule has 1 atom stereocenters. The van der Waals surface area contributed by atoms with Gasteiger partial charge in [-0.25, -0.2) is 15.1 Å². The van der Waals surface area contributed by atoms with Crippen molar-refractivity contribution in [1.82, 2.24) is 10.6 Å². The van der Waals surface area contributed by atoms with Crippen LogP contribution in [0, 0.1) is 0 Å². The molecule has 3 rings (SSSR count). The Morgan fingerprint density at radius 1 is 1.24 bits per heavy atom. The van der Waals surface area contributed by atoms with Crippen LogP contribution in [0.4, 0.5) is 19.0 Å². The second kappa shape index (κ2) is 10.1. The summed E-state index contributed by atoms with van der Waals surface area (Å²) in [6.07, 6.45) is -2.72. The molecule has 1 aromatic heterocycles. The quantitative estimate of drug-likeness (QED) is 0.236. The van der Waals surface area contributed by atoms with Gasteiger partial charge < -0.3 is 19.8 Å². The molecule has 33 heavy (non-hydrogen) atoms. The van der Waals surface area contributed by atoms with Gasteiger partial charge in [0, 0.05) is 18.7 Å². The third-order valence-electron chi connectivity index (χ3n) is 4.26. The molecule has 0 saturated carbocycles. The van der Waals surface area contributed by atoms with Gasteiger partial charge in [-0.3, -0.25) is 10.6 Å². The van der Waals surface area contributed by atoms with Crippen LogP contribution in [-0.2, 0) is 16.0 Å². The first-order valence-corrected chi connectivity index (χ1v) is 9.51. The molecule has 0 fully saturated rings. The van der Waals surface area contributed by atoms with Gasteiger partial charge in [0.15, 0.2) is 18.6 Å². The maximum atomic E-state index is 12.6. The minimum Gasteiger partial charge on any atom is -0.508 e. The van der Waals surface area contributed by atoms with Gasteiger partial charge in [-0.15, -0.1) is 0 Å². The van der Waals surface area contributed by atoms with Gasteiger partial charge in [-0.05, 0) is 23.8 Å². The van der Waals surface area contributed by atoms with E-state index in [1.165, 1.54) is 37.5 Å². The number of methoxy groups -OCH3 is 1. The number of halogens is 3. The van der Waals surface area contributed by atoms with E-state index < -0.39 is 30.9 Å². The van der Waals surface area contributed by atoms with Gasteiger partial charge in [-0.1, -0.05) is 16.9 Å². The van der Waals surface area contributed by atoms with Crippen molar-refractivity contribution in [3.8, 4) is 5.75 Å². The summed E-state index contributed by atoms with van der Waals surface area (Å²) in [5.41, 5.74) is 0.883. The van der Waals surface area contributed by atoms with E-state index in [-0.39, 0.29) is 23.0 Å². The number of pyridine rings is 1. The van der Waals surface area contributed by atoms with E-state index in [9.17, 15) is 28.3 Å². The van der Waals surface area contributed by atoms with Gasteiger partial charge in [-0.2, -0.15) is 13.2 Å². The first-order chi connectivity index (χ1) is 15.6.